The van der Waals surface area contributed by atoms with Crippen LogP contribution in [0.3, 0.4) is 0 Å². The van der Waals surface area contributed by atoms with Crippen molar-refractivity contribution in [2.45, 2.75) is 65.8 Å². The van der Waals surface area contributed by atoms with Crippen LogP contribution in [0.1, 0.15) is 59.8 Å². The van der Waals surface area contributed by atoms with Crippen molar-refractivity contribution in [3.05, 3.63) is 0 Å². The third-order valence-electron chi connectivity index (χ3n) is 3.75. The van der Waals surface area contributed by atoms with E-state index in [1.165, 1.54) is 32.1 Å². The molecule has 1 N–H and O–H groups in total. The van der Waals surface area contributed by atoms with Crippen LogP contribution in [0.5, 0.6) is 0 Å². The molecule has 90 valence electrons. The second kappa shape index (κ2) is 5.34. The van der Waals surface area contributed by atoms with Gasteiger partial charge < -0.3 is 5.32 Å². The van der Waals surface area contributed by atoms with Crippen molar-refractivity contribution >= 4 is 0 Å². The maximum absolute atomic E-state index is 3.55. The molecule has 3 atom stereocenters. The van der Waals surface area contributed by atoms with E-state index in [1.807, 2.05) is 0 Å². The monoisotopic (exact) mass is 211 g/mol. The highest BCUT2D eigenvalue weighted by Crippen LogP contribution is 2.34. The fourth-order valence-corrected chi connectivity index (χ4v) is 3.01. The summed E-state index contributed by atoms with van der Waals surface area (Å²) in [6.07, 6.45) is 7.06. The van der Waals surface area contributed by atoms with Gasteiger partial charge in [-0.3, -0.25) is 0 Å². The van der Waals surface area contributed by atoms with E-state index < -0.39 is 0 Å². The minimum atomic E-state index is 0.453. The largest absolute Gasteiger partial charge is 0.317 e. The van der Waals surface area contributed by atoms with Gasteiger partial charge in [-0.25, -0.2) is 0 Å². The summed E-state index contributed by atoms with van der Waals surface area (Å²) in [7, 11) is 2.13. The maximum atomic E-state index is 3.55. The van der Waals surface area contributed by atoms with Crippen LogP contribution in [-0.2, 0) is 0 Å². The SMILES string of the molecule is CNC(CC(C)(C)C)C1CCCC(C)C1. The van der Waals surface area contributed by atoms with E-state index in [0.29, 0.717) is 5.41 Å². The van der Waals surface area contributed by atoms with E-state index in [4.69, 9.17) is 0 Å². The van der Waals surface area contributed by atoms with Crippen molar-refractivity contribution in [2.24, 2.45) is 17.3 Å². The van der Waals surface area contributed by atoms with Crippen molar-refractivity contribution in [3.8, 4) is 0 Å². The zero-order chi connectivity index (χ0) is 11.5. The lowest BCUT2D eigenvalue weighted by Crippen LogP contribution is -2.39. The van der Waals surface area contributed by atoms with Crippen LogP contribution in [0.2, 0.25) is 0 Å². The highest BCUT2D eigenvalue weighted by atomic mass is 14.9. The summed E-state index contributed by atoms with van der Waals surface area (Å²) in [5, 5.41) is 3.55. The molecule has 15 heavy (non-hydrogen) atoms. The van der Waals surface area contributed by atoms with Gasteiger partial charge in [0.05, 0.1) is 0 Å². The average molecular weight is 211 g/mol. The molecule has 0 radical (unpaired) electrons. The van der Waals surface area contributed by atoms with E-state index in [9.17, 15) is 0 Å². The Balaban J connectivity index is 2.50. The van der Waals surface area contributed by atoms with Crippen molar-refractivity contribution in [2.75, 3.05) is 7.05 Å². The summed E-state index contributed by atoms with van der Waals surface area (Å²) in [5.41, 5.74) is 0.453. The van der Waals surface area contributed by atoms with Gasteiger partial charge in [0.25, 0.3) is 0 Å². The molecule has 0 bridgehead atoms. The summed E-state index contributed by atoms with van der Waals surface area (Å²) in [6.45, 7) is 9.47. The maximum Gasteiger partial charge on any atom is 0.00974 e. The molecule has 0 heterocycles. The summed E-state index contributed by atoms with van der Waals surface area (Å²) < 4.78 is 0. The van der Waals surface area contributed by atoms with Crippen molar-refractivity contribution in [3.63, 3.8) is 0 Å². The Labute approximate surface area is 96.0 Å². The van der Waals surface area contributed by atoms with Crippen molar-refractivity contribution in [1.82, 2.24) is 5.32 Å². The Bertz CT molecular complexity index is 180. The van der Waals surface area contributed by atoms with Crippen LogP contribution < -0.4 is 5.32 Å². The summed E-state index contributed by atoms with van der Waals surface area (Å²) in [6, 6.07) is 0.729. The van der Waals surface area contributed by atoms with Crippen LogP contribution in [0.15, 0.2) is 0 Å². The molecule has 0 amide bonds. The van der Waals surface area contributed by atoms with Gasteiger partial charge >= 0.3 is 0 Å². The van der Waals surface area contributed by atoms with Crippen LogP contribution in [0, 0.1) is 17.3 Å². The van der Waals surface area contributed by atoms with Crippen molar-refractivity contribution < 1.29 is 0 Å². The van der Waals surface area contributed by atoms with E-state index in [0.717, 1.165) is 17.9 Å². The van der Waals surface area contributed by atoms with Gasteiger partial charge in [0, 0.05) is 6.04 Å². The molecule has 0 spiro atoms. The first-order chi connectivity index (χ1) is 6.92. The first-order valence-electron chi connectivity index (χ1n) is 6.59. The van der Waals surface area contributed by atoms with E-state index in [2.05, 4.69) is 40.1 Å². The zero-order valence-corrected chi connectivity index (χ0v) is 11.3. The molecule has 0 aromatic heterocycles. The molecule has 0 aromatic rings. The molecular weight excluding hydrogens is 182 g/mol. The van der Waals surface area contributed by atoms with Gasteiger partial charge in [0.2, 0.25) is 0 Å². The molecule has 1 fully saturated rings. The Kier molecular flexibility index (Phi) is 4.64. The van der Waals surface area contributed by atoms with E-state index >= 15 is 0 Å². The number of nitrogens with one attached hydrogen (secondary N) is 1. The smallest absolute Gasteiger partial charge is 0.00974 e. The van der Waals surface area contributed by atoms with Gasteiger partial charge in [0.1, 0.15) is 0 Å². The second-order valence-electron chi connectivity index (χ2n) is 6.69. The Morgan fingerprint density at radius 2 is 1.93 bits per heavy atom. The number of hydrogen-bond acceptors (Lipinski definition) is 1. The molecule has 1 rings (SSSR count). The molecule has 1 aliphatic rings. The van der Waals surface area contributed by atoms with Crippen LogP contribution in [-0.4, -0.2) is 13.1 Å². The fourth-order valence-electron chi connectivity index (χ4n) is 3.01. The molecule has 1 aliphatic carbocycles. The van der Waals surface area contributed by atoms with Crippen LogP contribution in [0.4, 0.5) is 0 Å². The first kappa shape index (κ1) is 13.0. The fraction of sp³-hybridized carbons (Fsp3) is 1.00. The molecule has 1 nitrogen and oxygen atoms in total. The predicted octanol–water partition coefficient (Wildman–Crippen LogP) is 3.84. The molecule has 0 saturated heterocycles. The number of rotatable bonds is 3. The first-order valence-corrected chi connectivity index (χ1v) is 6.59. The third-order valence-corrected chi connectivity index (χ3v) is 3.75. The normalized spacial score (nSPS) is 30.2. The third kappa shape index (κ3) is 4.55. The lowest BCUT2D eigenvalue weighted by Gasteiger charge is -2.36. The molecular formula is C14H29N. The van der Waals surface area contributed by atoms with Gasteiger partial charge in [-0.1, -0.05) is 40.5 Å². The van der Waals surface area contributed by atoms with Crippen LogP contribution in [0.25, 0.3) is 0 Å². The van der Waals surface area contributed by atoms with Gasteiger partial charge in [-0.05, 0) is 43.6 Å². The minimum absolute atomic E-state index is 0.453. The van der Waals surface area contributed by atoms with Gasteiger partial charge in [-0.15, -0.1) is 0 Å². The van der Waals surface area contributed by atoms with E-state index in [1.54, 1.807) is 0 Å². The second-order valence-corrected chi connectivity index (χ2v) is 6.69. The zero-order valence-electron chi connectivity index (χ0n) is 11.3. The molecule has 1 heteroatoms. The van der Waals surface area contributed by atoms with E-state index in [-0.39, 0.29) is 0 Å². The quantitative estimate of drug-likeness (QED) is 0.748. The lowest BCUT2D eigenvalue weighted by molar-refractivity contribution is 0.186. The number of hydrogen-bond donors (Lipinski definition) is 1. The summed E-state index contributed by atoms with van der Waals surface area (Å²) >= 11 is 0. The van der Waals surface area contributed by atoms with Gasteiger partial charge in [-0.2, -0.15) is 0 Å². The van der Waals surface area contributed by atoms with Crippen molar-refractivity contribution in [1.29, 1.82) is 0 Å². The molecule has 1 saturated carbocycles. The predicted molar refractivity (Wildman–Crippen MR) is 68.0 cm³/mol. The van der Waals surface area contributed by atoms with Gasteiger partial charge in [0.15, 0.2) is 0 Å². The average Bonchev–Trinajstić information content (AvgIpc) is 2.13. The highest BCUT2D eigenvalue weighted by molar-refractivity contribution is 4.83. The topological polar surface area (TPSA) is 12.0 Å². The molecule has 3 unspecified atom stereocenters. The summed E-state index contributed by atoms with van der Waals surface area (Å²) in [4.78, 5) is 0. The Hall–Kier alpha value is -0.0400. The highest BCUT2D eigenvalue weighted by Gasteiger charge is 2.28. The molecule has 0 aliphatic heterocycles. The Morgan fingerprint density at radius 3 is 2.40 bits per heavy atom. The Morgan fingerprint density at radius 1 is 1.27 bits per heavy atom. The summed E-state index contributed by atoms with van der Waals surface area (Å²) in [5.74, 6) is 1.86. The van der Waals surface area contributed by atoms with Crippen LogP contribution >= 0.6 is 0 Å². The minimum Gasteiger partial charge on any atom is -0.317 e. The standard InChI is InChI=1S/C14H29N/c1-11-7-6-8-12(9-11)13(15-5)10-14(2,3)4/h11-13,15H,6-10H2,1-5H3. The molecule has 0 aromatic carbocycles. The lowest BCUT2D eigenvalue weighted by atomic mass is 9.74.